The van der Waals surface area contributed by atoms with Crippen LogP contribution in [-0.2, 0) is 6.42 Å². The number of ether oxygens (including phenoxy) is 2. The molecule has 0 aliphatic carbocycles. The molecular weight excluding hydrogens is 238 g/mol. The van der Waals surface area contributed by atoms with E-state index in [4.69, 9.17) is 9.47 Å². The maximum atomic E-state index is 5.38. The maximum absolute atomic E-state index is 5.38. The Morgan fingerprint density at radius 3 is 2.47 bits per heavy atom. The number of rotatable bonds is 6. The van der Waals surface area contributed by atoms with E-state index in [1.165, 1.54) is 16.3 Å². The Balaban J connectivity index is 2.42. The molecular formula is C16H21NO2. The van der Waals surface area contributed by atoms with Gasteiger partial charge in [-0.2, -0.15) is 0 Å². The van der Waals surface area contributed by atoms with Crippen LogP contribution >= 0.6 is 0 Å². The van der Waals surface area contributed by atoms with Crippen molar-refractivity contribution in [3.05, 3.63) is 35.9 Å². The maximum Gasteiger partial charge on any atom is 0.161 e. The molecule has 1 N–H and O–H groups in total. The molecule has 0 aliphatic heterocycles. The zero-order valence-corrected chi connectivity index (χ0v) is 11.8. The first-order valence-corrected chi connectivity index (χ1v) is 6.64. The van der Waals surface area contributed by atoms with E-state index in [-0.39, 0.29) is 0 Å². The van der Waals surface area contributed by atoms with Gasteiger partial charge in [0.25, 0.3) is 0 Å². The molecule has 0 saturated heterocycles. The summed E-state index contributed by atoms with van der Waals surface area (Å²) >= 11 is 0. The van der Waals surface area contributed by atoms with Crippen LogP contribution in [0.25, 0.3) is 10.8 Å². The fourth-order valence-corrected chi connectivity index (χ4v) is 2.29. The molecule has 0 saturated carbocycles. The van der Waals surface area contributed by atoms with Gasteiger partial charge in [-0.25, -0.2) is 0 Å². The monoisotopic (exact) mass is 259 g/mol. The van der Waals surface area contributed by atoms with Crippen molar-refractivity contribution in [1.29, 1.82) is 0 Å². The van der Waals surface area contributed by atoms with Crippen LogP contribution in [0.4, 0.5) is 0 Å². The van der Waals surface area contributed by atoms with Gasteiger partial charge in [0.2, 0.25) is 0 Å². The van der Waals surface area contributed by atoms with Crippen LogP contribution in [0, 0.1) is 0 Å². The molecule has 102 valence electrons. The number of methoxy groups -OCH3 is 2. The van der Waals surface area contributed by atoms with Crippen LogP contribution < -0.4 is 14.8 Å². The van der Waals surface area contributed by atoms with Crippen LogP contribution in [0.2, 0.25) is 0 Å². The summed E-state index contributed by atoms with van der Waals surface area (Å²) < 4.78 is 10.7. The first kappa shape index (κ1) is 13.7. The number of hydrogen-bond donors (Lipinski definition) is 1. The number of benzene rings is 2. The second-order valence-corrected chi connectivity index (χ2v) is 4.45. The molecule has 0 amide bonds. The van der Waals surface area contributed by atoms with Gasteiger partial charge in [0.1, 0.15) is 0 Å². The Hall–Kier alpha value is -1.74. The Morgan fingerprint density at radius 1 is 1.05 bits per heavy atom. The molecule has 0 unspecified atom stereocenters. The van der Waals surface area contributed by atoms with Crippen LogP contribution in [0.15, 0.2) is 30.3 Å². The highest BCUT2D eigenvalue weighted by molar-refractivity contribution is 5.89. The van der Waals surface area contributed by atoms with E-state index in [2.05, 4.69) is 36.5 Å². The SMILES string of the molecule is CCNCCc1cccc2cc(OC)c(OC)cc12. The summed E-state index contributed by atoms with van der Waals surface area (Å²) in [6, 6.07) is 10.5. The lowest BCUT2D eigenvalue weighted by atomic mass is 10.0. The molecule has 2 aromatic carbocycles. The molecule has 19 heavy (non-hydrogen) atoms. The molecule has 0 atom stereocenters. The largest absolute Gasteiger partial charge is 0.493 e. The fourth-order valence-electron chi connectivity index (χ4n) is 2.29. The summed E-state index contributed by atoms with van der Waals surface area (Å²) in [5, 5.41) is 5.78. The Labute approximate surface area is 114 Å². The van der Waals surface area contributed by atoms with Crippen LogP contribution in [-0.4, -0.2) is 27.3 Å². The lowest BCUT2D eigenvalue weighted by Crippen LogP contribution is -2.16. The van der Waals surface area contributed by atoms with Crippen LogP contribution in [0.1, 0.15) is 12.5 Å². The highest BCUT2D eigenvalue weighted by Gasteiger charge is 2.08. The molecule has 0 radical (unpaired) electrons. The molecule has 0 aliphatic rings. The molecule has 0 aromatic heterocycles. The smallest absolute Gasteiger partial charge is 0.161 e. The molecule has 0 spiro atoms. The van der Waals surface area contributed by atoms with Crippen molar-refractivity contribution in [2.24, 2.45) is 0 Å². The molecule has 2 aromatic rings. The summed E-state index contributed by atoms with van der Waals surface area (Å²) in [4.78, 5) is 0. The standard InChI is InChI=1S/C16H21NO2/c1-4-17-9-8-12-6-5-7-13-10-15(18-2)16(19-3)11-14(12)13/h5-7,10-11,17H,4,8-9H2,1-3H3. The van der Waals surface area contributed by atoms with E-state index >= 15 is 0 Å². The van der Waals surface area contributed by atoms with Crippen molar-refractivity contribution in [1.82, 2.24) is 5.32 Å². The van der Waals surface area contributed by atoms with E-state index in [0.717, 1.165) is 31.0 Å². The van der Waals surface area contributed by atoms with Crippen molar-refractivity contribution in [2.45, 2.75) is 13.3 Å². The predicted octanol–water partition coefficient (Wildman–Crippen LogP) is 3.01. The topological polar surface area (TPSA) is 30.5 Å². The fraction of sp³-hybridized carbons (Fsp3) is 0.375. The minimum atomic E-state index is 0.777. The summed E-state index contributed by atoms with van der Waals surface area (Å²) in [5.41, 5.74) is 1.33. The number of nitrogens with one attached hydrogen (secondary N) is 1. The lowest BCUT2D eigenvalue weighted by molar-refractivity contribution is 0.356. The number of fused-ring (bicyclic) bond motifs is 1. The lowest BCUT2D eigenvalue weighted by Gasteiger charge is -2.12. The normalized spacial score (nSPS) is 10.7. The Kier molecular flexibility index (Phi) is 4.63. The van der Waals surface area contributed by atoms with E-state index < -0.39 is 0 Å². The van der Waals surface area contributed by atoms with E-state index in [1.54, 1.807) is 14.2 Å². The predicted molar refractivity (Wildman–Crippen MR) is 79.3 cm³/mol. The molecule has 3 heteroatoms. The number of hydrogen-bond acceptors (Lipinski definition) is 3. The minimum Gasteiger partial charge on any atom is -0.493 e. The van der Waals surface area contributed by atoms with Gasteiger partial charge in [-0.1, -0.05) is 25.1 Å². The van der Waals surface area contributed by atoms with Gasteiger partial charge >= 0.3 is 0 Å². The average Bonchev–Trinajstić information content (AvgIpc) is 2.46. The average molecular weight is 259 g/mol. The minimum absolute atomic E-state index is 0.777. The second kappa shape index (κ2) is 6.43. The molecule has 0 bridgehead atoms. The summed E-state index contributed by atoms with van der Waals surface area (Å²) in [7, 11) is 3.34. The van der Waals surface area contributed by atoms with Crippen molar-refractivity contribution in [2.75, 3.05) is 27.3 Å². The van der Waals surface area contributed by atoms with Gasteiger partial charge in [-0.15, -0.1) is 0 Å². The third kappa shape index (κ3) is 2.99. The van der Waals surface area contributed by atoms with Gasteiger partial charge < -0.3 is 14.8 Å². The summed E-state index contributed by atoms with van der Waals surface area (Å²) in [6.45, 7) is 4.11. The van der Waals surface area contributed by atoms with Gasteiger partial charge in [0, 0.05) is 0 Å². The Bertz CT molecular complexity index is 552. The third-order valence-corrected chi connectivity index (χ3v) is 3.30. The third-order valence-electron chi connectivity index (χ3n) is 3.30. The molecule has 0 heterocycles. The summed E-state index contributed by atoms with van der Waals surface area (Å²) in [6.07, 6.45) is 1.01. The van der Waals surface area contributed by atoms with Crippen LogP contribution in [0.5, 0.6) is 11.5 Å². The molecule has 3 nitrogen and oxygen atoms in total. The van der Waals surface area contributed by atoms with E-state index in [9.17, 15) is 0 Å². The zero-order chi connectivity index (χ0) is 13.7. The molecule has 0 fully saturated rings. The molecule has 2 rings (SSSR count). The van der Waals surface area contributed by atoms with E-state index in [1.807, 2.05) is 6.07 Å². The van der Waals surface area contributed by atoms with Gasteiger partial charge in [0.15, 0.2) is 11.5 Å². The van der Waals surface area contributed by atoms with Gasteiger partial charge in [-0.3, -0.25) is 0 Å². The van der Waals surface area contributed by atoms with Crippen molar-refractivity contribution in [3.63, 3.8) is 0 Å². The van der Waals surface area contributed by atoms with Crippen LogP contribution in [0.3, 0.4) is 0 Å². The first-order valence-electron chi connectivity index (χ1n) is 6.64. The van der Waals surface area contributed by atoms with Crippen molar-refractivity contribution >= 4 is 10.8 Å². The van der Waals surface area contributed by atoms with Gasteiger partial charge in [-0.05, 0) is 48.0 Å². The number of likely N-dealkylation sites (N-methyl/N-ethyl adjacent to an activating group) is 1. The highest BCUT2D eigenvalue weighted by Crippen LogP contribution is 2.33. The van der Waals surface area contributed by atoms with Gasteiger partial charge in [0.05, 0.1) is 14.2 Å². The quantitative estimate of drug-likeness (QED) is 0.809. The first-order chi connectivity index (χ1) is 9.30. The summed E-state index contributed by atoms with van der Waals surface area (Å²) in [5.74, 6) is 1.56. The van der Waals surface area contributed by atoms with Crippen molar-refractivity contribution in [3.8, 4) is 11.5 Å². The van der Waals surface area contributed by atoms with E-state index in [0.29, 0.717) is 0 Å². The zero-order valence-electron chi connectivity index (χ0n) is 11.8. The van der Waals surface area contributed by atoms with Crippen molar-refractivity contribution < 1.29 is 9.47 Å². The highest BCUT2D eigenvalue weighted by atomic mass is 16.5. The second-order valence-electron chi connectivity index (χ2n) is 4.45. The Morgan fingerprint density at radius 2 is 1.79 bits per heavy atom.